The summed E-state index contributed by atoms with van der Waals surface area (Å²) in [6.45, 7) is 5.38. The van der Waals surface area contributed by atoms with Gasteiger partial charge in [0.25, 0.3) is 0 Å². The van der Waals surface area contributed by atoms with Crippen LogP contribution in [-0.4, -0.2) is 6.54 Å². The number of unbranched alkanes of at least 4 members (excludes halogenated alkanes) is 7. The van der Waals surface area contributed by atoms with Crippen LogP contribution in [0.3, 0.4) is 0 Å². The van der Waals surface area contributed by atoms with Gasteiger partial charge in [0.2, 0.25) is 0 Å². The standard InChI is InChI=1S/C13H29N/c1-3-4-5-6-7-8-9-10-11-13(2)12-14/h13H,3-12,14H2,1-2H3/t13-/m1/s1. The van der Waals surface area contributed by atoms with Gasteiger partial charge in [0.1, 0.15) is 0 Å². The molecule has 86 valence electrons. The van der Waals surface area contributed by atoms with Crippen molar-refractivity contribution in [3.8, 4) is 0 Å². The topological polar surface area (TPSA) is 26.0 Å². The van der Waals surface area contributed by atoms with E-state index in [0.717, 1.165) is 12.5 Å². The van der Waals surface area contributed by atoms with Crippen LogP contribution >= 0.6 is 0 Å². The third-order valence-electron chi connectivity index (χ3n) is 2.95. The summed E-state index contributed by atoms with van der Waals surface area (Å²) in [5, 5.41) is 0. The Hall–Kier alpha value is -0.0400. The largest absolute Gasteiger partial charge is 0.330 e. The molecule has 2 N–H and O–H groups in total. The molecule has 0 amide bonds. The van der Waals surface area contributed by atoms with Crippen LogP contribution in [0.2, 0.25) is 0 Å². The van der Waals surface area contributed by atoms with Gasteiger partial charge in [-0.2, -0.15) is 0 Å². The van der Waals surface area contributed by atoms with Gasteiger partial charge in [-0.1, -0.05) is 65.2 Å². The van der Waals surface area contributed by atoms with Crippen molar-refractivity contribution in [3.63, 3.8) is 0 Å². The van der Waals surface area contributed by atoms with Crippen LogP contribution in [0.15, 0.2) is 0 Å². The van der Waals surface area contributed by atoms with Crippen LogP contribution in [0, 0.1) is 5.92 Å². The number of nitrogens with two attached hydrogens (primary N) is 1. The molecule has 0 aromatic rings. The molecular weight excluding hydrogens is 170 g/mol. The Morgan fingerprint density at radius 3 is 1.86 bits per heavy atom. The van der Waals surface area contributed by atoms with Crippen molar-refractivity contribution in [3.05, 3.63) is 0 Å². The van der Waals surface area contributed by atoms with E-state index in [9.17, 15) is 0 Å². The zero-order valence-corrected chi connectivity index (χ0v) is 10.2. The lowest BCUT2D eigenvalue weighted by molar-refractivity contribution is 0.488. The van der Waals surface area contributed by atoms with E-state index in [0.29, 0.717) is 0 Å². The molecule has 14 heavy (non-hydrogen) atoms. The van der Waals surface area contributed by atoms with Crippen molar-refractivity contribution >= 4 is 0 Å². The van der Waals surface area contributed by atoms with Crippen molar-refractivity contribution in [1.29, 1.82) is 0 Å². The first-order valence-corrected chi connectivity index (χ1v) is 6.51. The summed E-state index contributed by atoms with van der Waals surface area (Å²) in [5.74, 6) is 0.732. The fourth-order valence-electron chi connectivity index (χ4n) is 1.74. The maximum atomic E-state index is 5.57. The van der Waals surface area contributed by atoms with Gasteiger partial charge in [-0.25, -0.2) is 0 Å². The minimum atomic E-state index is 0.732. The molecule has 0 bridgehead atoms. The quantitative estimate of drug-likeness (QED) is 0.526. The molecule has 1 nitrogen and oxygen atoms in total. The van der Waals surface area contributed by atoms with E-state index in [-0.39, 0.29) is 0 Å². The molecule has 0 saturated heterocycles. The van der Waals surface area contributed by atoms with Gasteiger partial charge >= 0.3 is 0 Å². The van der Waals surface area contributed by atoms with Crippen molar-refractivity contribution in [1.82, 2.24) is 0 Å². The normalized spacial score (nSPS) is 13.1. The van der Waals surface area contributed by atoms with E-state index in [1.165, 1.54) is 57.8 Å². The van der Waals surface area contributed by atoms with Gasteiger partial charge in [-0.05, 0) is 18.9 Å². The van der Waals surface area contributed by atoms with Gasteiger partial charge in [0.15, 0.2) is 0 Å². The van der Waals surface area contributed by atoms with E-state index in [1.54, 1.807) is 0 Å². The molecular formula is C13H29N. The zero-order chi connectivity index (χ0) is 10.6. The van der Waals surface area contributed by atoms with Crippen molar-refractivity contribution in [2.45, 2.75) is 71.6 Å². The molecule has 0 aromatic carbocycles. The Labute approximate surface area is 90.5 Å². The Bertz CT molecular complexity index is 101. The minimum Gasteiger partial charge on any atom is -0.330 e. The molecule has 0 rings (SSSR count). The first-order valence-electron chi connectivity index (χ1n) is 6.51. The van der Waals surface area contributed by atoms with Gasteiger partial charge in [0, 0.05) is 0 Å². The summed E-state index contributed by atoms with van der Waals surface area (Å²) >= 11 is 0. The second-order valence-corrected chi connectivity index (χ2v) is 4.60. The van der Waals surface area contributed by atoms with E-state index in [4.69, 9.17) is 5.73 Å². The number of rotatable bonds is 10. The molecule has 0 spiro atoms. The number of hydrogen-bond donors (Lipinski definition) is 1. The van der Waals surface area contributed by atoms with Gasteiger partial charge < -0.3 is 5.73 Å². The van der Waals surface area contributed by atoms with Gasteiger partial charge in [0.05, 0.1) is 0 Å². The smallest absolute Gasteiger partial charge is 0.00515 e. The van der Waals surface area contributed by atoms with Crippen LogP contribution in [0.4, 0.5) is 0 Å². The monoisotopic (exact) mass is 199 g/mol. The van der Waals surface area contributed by atoms with E-state index in [2.05, 4.69) is 13.8 Å². The summed E-state index contributed by atoms with van der Waals surface area (Å²) in [5.41, 5.74) is 5.57. The SMILES string of the molecule is CCCCCCCCCC[C@@H](C)CN. The van der Waals surface area contributed by atoms with Crippen LogP contribution in [0.1, 0.15) is 71.6 Å². The average Bonchev–Trinajstić information content (AvgIpc) is 2.21. The highest BCUT2D eigenvalue weighted by Gasteiger charge is 1.98. The first-order chi connectivity index (χ1) is 6.81. The summed E-state index contributed by atoms with van der Waals surface area (Å²) in [6.07, 6.45) is 12.7. The van der Waals surface area contributed by atoms with Crippen molar-refractivity contribution in [2.24, 2.45) is 11.7 Å². The third kappa shape index (κ3) is 10.0. The molecule has 0 aliphatic heterocycles. The lowest BCUT2D eigenvalue weighted by atomic mass is 10.0. The Balaban J connectivity index is 2.92. The van der Waals surface area contributed by atoms with Crippen molar-refractivity contribution < 1.29 is 0 Å². The van der Waals surface area contributed by atoms with E-state index < -0.39 is 0 Å². The highest BCUT2D eigenvalue weighted by molar-refractivity contribution is 4.53. The average molecular weight is 199 g/mol. The molecule has 0 heterocycles. The summed E-state index contributed by atoms with van der Waals surface area (Å²) in [7, 11) is 0. The number of hydrogen-bond acceptors (Lipinski definition) is 1. The van der Waals surface area contributed by atoms with E-state index in [1.807, 2.05) is 0 Å². The van der Waals surface area contributed by atoms with Crippen LogP contribution in [0.5, 0.6) is 0 Å². The molecule has 0 saturated carbocycles. The predicted octanol–water partition coefficient (Wildman–Crippen LogP) is 4.11. The fraction of sp³-hybridized carbons (Fsp3) is 1.00. The van der Waals surface area contributed by atoms with Crippen LogP contribution < -0.4 is 5.73 Å². The third-order valence-corrected chi connectivity index (χ3v) is 2.95. The van der Waals surface area contributed by atoms with Crippen LogP contribution in [0.25, 0.3) is 0 Å². The van der Waals surface area contributed by atoms with Crippen molar-refractivity contribution in [2.75, 3.05) is 6.54 Å². The Morgan fingerprint density at radius 1 is 0.857 bits per heavy atom. The Kier molecular flexibility index (Phi) is 11.0. The summed E-state index contributed by atoms with van der Waals surface area (Å²) in [4.78, 5) is 0. The minimum absolute atomic E-state index is 0.732. The molecule has 1 atom stereocenters. The zero-order valence-electron chi connectivity index (χ0n) is 10.2. The van der Waals surface area contributed by atoms with E-state index >= 15 is 0 Å². The predicted molar refractivity (Wildman–Crippen MR) is 65.4 cm³/mol. The van der Waals surface area contributed by atoms with Gasteiger partial charge in [-0.15, -0.1) is 0 Å². The second-order valence-electron chi connectivity index (χ2n) is 4.60. The fourth-order valence-corrected chi connectivity index (χ4v) is 1.74. The molecule has 0 aliphatic rings. The maximum absolute atomic E-state index is 5.57. The summed E-state index contributed by atoms with van der Waals surface area (Å²) in [6, 6.07) is 0. The second kappa shape index (κ2) is 11.0. The molecule has 0 aromatic heterocycles. The van der Waals surface area contributed by atoms with Gasteiger partial charge in [-0.3, -0.25) is 0 Å². The maximum Gasteiger partial charge on any atom is -0.00515 e. The lowest BCUT2D eigenvalue weighted by Crippen LogP contribution is -2.10. The first kappa shape index (κ1) is 14.0. The molecule has 1 heteroatoms. The molecule has 0 fully saturated rings. The molecule has 0 aliphatic carbocycles. The highest BCUT2D eigenvalue weighted by atomic mass is 14.5. The Morgan fingerprint density at radius 2 is 1.36 bits per heavy atom. The summed E-state index contributed by atoms with van der Waals surface area (Å²) < 4.78 is 0. The highest BCUT2D eigenvalue weighted by Crippen LogP contribution is 2.12. The molecule has 0 unspecified atom stereocenters. The molecule has 0 radical (unpaired) electrons. The van der Waals surface area contributed by atoms with Crippen LogP contribution in [-0.2, 0) is 0 Å². The lowest BCUT2D eigenvalue weighted by Gasteiger charge is -2.07.